The van der Waals surface area contributed by atoms with Gasteiger partial charge in [0, 0.05) is 0 Å². The average molecular weight is 425 g/mol. The molecule has 172 valence electrons. The van der Waals surface area contributed by atoms with E-state index in [9.17, 15) is 4.79 Å². The highest BCUT2D eigenvalue weighted by molar-refractivity contribution is 5.78. The minimum Gasteiger partial charge on any atom is -0.469 e. The second-order valence-electron chi connectivity index (χ2n) is 12.6. The molecule has 0 N–H and O–H groups in total. The molecular weight excluding hydrogens is 380 g/mol. The molecule has 0 aromatic rings. The largest absolute Gasteiger partial charge is 0.469 e. The number of carbonyl (C=O) groups excluding carboxylic acids is 1. The normalized spacial score (nSPS) is 50.9. The Morgan fingerprint density at radius 1 is 1.13 bits per heavy atom. The van der Waals surface area contributed by atoms with Crippen LogP contribution in [0.15, 0.2) is 24.3 Å². The van der Waals surface area contributed by atoms with Crippen LogP contribution < -0.4 is 0 Å². The third-order valence-electron chi connectivity index (χ3n) is 11.6. The Bertz CT molecular complexity index is 782. The van der Waals surface area contributed by atoms with Gasteiger partial charge >= 0.3 is 5.97 Å². The lowest BCUT2D eigenvalue weighted by Gasteiger charge is -2.64. The van der Waals surface area contributed by atoms with Crippen molar-refractivity contribution < 1.29 is 9.53 Å². The van der Waals surface area contributed by atoms with Gasteiger partial charge in [-0.05, 0) is 104 Å². The molecule has 31 heavy (non-hydrogen) atoms. The summed E-state index contributed by atoms with van der Waals surface area (Å²) in [5.41, 5.74) is 2.31. The number of ether oxygens (including phenoxy) is 1. The maximum absolute atomic E-state index is 13.1. The lowest BCUT2D eigenvalue weighted by atomic mass is 9.40. The van der Waals surface area contributed by atoms with Crippen molar-refractivity contribution in [3.05, 3.63) is 24.3 Å². The van der Waals surface area contributed by atoms with Gasteiger partial charge in [-0.2, -0.15) is 0 Å². The number of methoxy groups -OCH3 is 1. The van der Waals surface area contributed by atoms with Crippen molar-refractivity contribution in [1.29, 1.82) is 0 Å². The van der Waals surface area contributed by atoms with Crippen LogP contribution in [-0.2, 0) is 9.53 Å². The number of carbonyl (C=O) groups is 1. The maximum atomic E-state index is 13.1. The Labute approximate surface area is 190 Å². The topological polar surface area (TPSA) is 26.3 Å². The quantitative estimate of drug-likeness (QED) is 0.350. The Morgan fingerprint density at radius 2 is 1.90 bits per heavy atom. The van der Waals surface area contributed by atoms with Gasteiger partial charge < -0.3 is 4.74 Å². The number of fused-ring (bicyclic) bond motifs is 7. The number of esters is 1. The van der Waals surface area contributed by atoms with Crippen LogP contribution >= 0.6 is 0 Å². The van der Waals surface area contributed by atoms with E-state index in [2.05, 4.69) is 39.5 Å². The van der Waals surface area contributed by atoms with Gasteiger partial charge in [0.2, 0.25) is 0 Å². The Morgan fingerprint density at radius 3 is 2.65 bits per heavy atom. The van der Waals surface area contributed by atoms with Crippen molar-refractivity contribution >= 4 is 5.97 Å². The molecule has 9 atom stereocenters. The predicted molar refractivity (Wildman–Crippen MR) is 126 cm³/mol. The first-order valence-electron chi connectivity index (χ1n) is 13.2. The predicted octanol–water partition coefficient (Wildman–Crippen LogP) is 7.35. The van der Waals surface area contributed by atoms with Crippen molar-refractivity contribution in [2.24, 2.45) is 51.8 Å². The second kappa shape index (κ2) is 7.49. The number of hydrogen-bond acceptors (Lipinski definition) is 2. The second-order valence-corrected chi connectivity index (χ2v) is 12.6. The molecule has 4 fully saturated rings. The molecule has 5 aliphatic rings. The van der Waals surface area contributed by atoms with Crippen LogP contribution in [-0.4, -0.2) is 13.1 Å². The van der Waals surface area contributed by atoms with Crippen LogP contribution in [0.1, 0.15) is 91.4 Å². The highest BCUT2D eigenvalue weighted by Gasteiger charge is 2.64. The summed E-state index contributed by atoms with van der Waals surface area (Å²) < 4.78 is 5.44. The molecular formula is C29H44O2. The molecule has 0 saturated heterocycles. The first kappa shape index (κ1) is 21.8. The third kappa shape index (κ3) is 2.85. The summed E-state index contributed by atoms with van der Waals surface area (Å²) in [4.78, 5) is 13.1. The van der Waals surface area contributed by atoms with Crippen molar-refractivity contribution in [3.8, 4) is 0 Å². The molecule has 0 spiro atoms. The SMILES string of the molecule is C=CCC1CCC2(C)C1CCC1(C)C3CC[C@@]4(C(=O)OC)CCC[C@H](C)C4C3=CCC12. The molecule has 4 saturated carbocycles. The standard InChI is InChI=1S/C29H44O2/c1-6-8-20-12-16-27(3)22(20)13-17-28(4)23-14-18-29(26(30)31-5)15-7-9-19(2)25(29)21(23)10-11-24(27)28/h6,10,19-20,22-25H,1,7-9,11-18H2,2-5H3/t19-,20?,22?,23?,24?,25?,27?,28?,29-/m0/s1. The molecule has 0 heterocycles. The maximum Gasteiger partial charge on any atom is 0.312 e. The molecule has 5 rings (SSSR count). The zero-order valence-corrected chi connectivity index (χ0v) is 20.4. The van der Waals surface area contributed by atoms with Crippen molar-refractivity contribution in [1.82, 2.24) is 0 Å². The molecule has 7 unspecified atom stereocenters. The number of rotatable bonds is 3. The number of allylic oxidation sites excluding steroid dienone is 3. The van der Waals surface area contributed by atoms with Crippen LogP contribution in [0.3, 0.4) is 0 Å². The Hall–Kier alpha value is -1.05. The zero-order valence-electron chi connectivity index (χ0n) is 20.4. The molecule has 0 aliphatic heterocycles. The molecule has 0 aromatic heterocycles. The summed E-state index contributed by atoms with van der Waals surface area (Å²) in [6.07, 6.45) is 18.5. The van der Waals surface area contributed by atoms with Crippen LogP contribution in [0.5, 0.6) is 0 Å². The summed E-state index contributed by atoms with van der Waals surface area (Å²) in [6, 6.07) is 0. The Kier molecular flexibility index (Phi) is 5.26. The van der Waals surface area contributed by atoms with E-state index in [-0.39, 0.29) is 11.4 Å². The van der Waals surface area contributed by atoms with Gasteiger partial charge in [0.05, 0.1) is 12.5 Å². The fourth-order valence-electron chi connectivity index (χ4n) is 10.4. The summed E-state index contributed by atoms with van der Waals surface area (Å²) >= 11 is 0. The van der Waals surface area contributed by atoms with E-state index in [1.54, 1.807) is 12.7 Å². The smallest absolute Gasteiger partial charge is 0.312 e. The van der Waals surface area contributed by atoms with Crippen molar-refractivity contribution in [2.75, 3.05) is 7.11 Å². The summed E-state index contributed by atoms with van der Waals surface area (Å²) in [6.45, 7) is 11.8. The summed E-state index contributed by atoms with van der Waals surface area (Å²) in [5, 5.41) is 0. The lowest BCUT2D eigenvalue weighted by Crippen LogP contribution is -2.57. The minimum atomic E-state index is -0.249. The molecule has 0 radical (unpaired) electrons. The van der Waals surface area contributed by atoms with Crippen LogP contribution in [0, 0.1) is 51.8 Å². The zero-order chi connectivity index (χ0) is 22.0. The van der Waals surface area contributed by atoms with E-state index in [0.717, 1.165) is 30.6 Å². The monoisotopic (exact) mass is 424 g/mol. The Balaban J connectivity index is 1.52. The average Bonchev–Trinajstić information content (AvgIpc) is 3.09. The lowest BCUT2D eigenvalue weighted by molar-refractivity contribution is -0.166. The highest BCUT2D eigenvalue weighted by Crippen LogP contribution is 2.71. The molecule has 2 heteroatoms. The van der Waals surface area contributed by atoms with Gasteiger partial charge in [0.1, 0.15) is 0 Å². The van der Waals surface area contributed by atoms with Crippen LogP contribution in [0.4, 0.5) is 0 Å². The van der Waals surface area contributed by atoms with Gasteiger partial charge in [0.25, 0.3) is 0 Å². The molecule has 0 amide bonds. The molecule has 0 bridgehead atoms. The van der Waals surface area contributed by atoms with E-state index in [0.29, 0.717) is 28.6 Å². The minimum absolute atomic E-state index is 0.0782. The fourth-order valence-corrected chi connectivity index (χ4v) is 10.4. The van der Waals surface area contributed by atoms with E-state index in [1.165, 1.54) is 57.8 Å². The third-order valence-corrected chi connectivity index (χ3v) is 11.6. The van der Waals surface area contributed by atoms with Crippen molar-refractivity contribution in [2.45, 2.75) is 91.4 Å². The van der Waals surface area contributed by atoms with E-state index < -0.39 is 0 Å². The van der Waals surface area contributed by atoms with E-state index >= 15 is 0 Å². The number of hydrogen-bond donors (Lipinski definition) is 0. The fraction of sp³-hybridized carbons (Fsp3) is 0.828. The first-order chi connectivity index (χ1) is 14.8. The van der Waals surface area contributed by atoms with Crippen molar-refractivity contribution in [3.63, 3.8) is 0 Å². The summed E-state index contributed by atoms with van der Waals surface area (Å²) in [7, 11) is 1.61. The van der Waals surface area contributed by atoms with Gasteiger partial charge in [-0.1, -0.05) is 51.3 Å². The van der Waals surface area contributed by atoms with Gasteiger partial charge in [-0.25, -0.2) is 0 Å². The van der Waals surface area contributed by atoms with Gasteiger partial charge in [-0.3, -0.25) is 4.79 Å². The highest BCUT2D eigenvalue weighted by atomic mass is 16.5. The van der Waals surface area contributed by atoms with Gasteiger partial charge in [0.15, 0.2) is 0 Å². The molecule has 0 aromatic carbocycles. The van der Waals surface area contributed by atoms with Gasteiger partial charge in [-0.15, -0.1) is 6.58 Å². The molecule has 2 nitrogen and oxygen atoms in total. The first-order valence-corrected chi connectivity index (χ1v) is 13.2. The summed E-state index contributed by atoms with van der Waals surface area (Å²) in [5.74, 6) is 4.29. The van der Waals surface area contributed by atoms with Crippen LogP contribution in [0.25, 0.3) is 0 Å². The van der Waals surface area contributed by atoms with E-state index in [4.69, 9.17) is 4.74 Å². The molecule has 5 aliphatic carbocycles. The van der Waals surface area contributed by atoms with E-state index in [1.807, 2.05) is 0 Å². The van der Waals surface area contributed by atoms with Crippen LogP contribution in [0.2, 0.25) is 0 Å².